The van der Waals surface area contributed by atoms with Crippen molar-refractivity contribution in [2.24, 2.45) is 0 Å². The Labute approximate surface area is 127 Å². The number of amides is 3. The van der Waals surface area contributed by atoms with Crippen molar-refractivity contribution in [3.05, 3.63) is 59.2 Å². The fourth-order valence-electron chi connectivity index (χ4n) is 2.60. The quantitative estimate of drug-likeness (QED) is 0.866. The third-order valence-electron chi connectivity index (χ3n) is 3.65. The Balaban J connectivity index is 2.08. The Kier molecular flexibility index (Phi) is 3.25. The number of carbonyl (C=O) groups excluding carboxylic acids is 3. The molecule has 0 atom stereocenters. The monoisotopic (exact) mass is 294 g/mol. The van der Waals surface area contributed by atoms with Crippen LogP contribution in [0.4, 0.5) is 11.4 Å². The van der Waals surface area contributed by atoms with Gasteiger partial charge >= 0.3 is 0 Å². The highest BCUT2D eigenvalue weighted by atomic mass is 16.2. The number of fused-ring (bicyclic) bond motifs is 1. The maximum Gasteiger partial charge on any atom is 0.266 e. The smallest absolute Gasteiger partial charge is 0.266 e. The van der Waals surface area contributed by atoms with Crippen molar-refractivity contribution < 1.29 is 14.4 Å². The molecule has 0 fully saturated rings. The molecule has 110 valence electrons. The molecule has 2 aromatic rings. The molecule has 0 radical (unpaired) electrons. The Hall–Kier alpha value is -2.95. The first-order valence-corrected chi connectivity index (χ1v) is 6.85. The van der Waals surface area contributed by atoms with Gasteiger partial charge in [0, 0.05) is 12.6 Å². The number of benzene rings is 2. The van der Waals surface area contributed by atoms with Crippen LogP contribution in [0.2, 0.25) is 0 Å². The molecule has 2 aromatic carbocycles. The molecule has 22 heavy (non-hydrogen) atoms. The Bertz CT molecular complexity index is 776. The number of rotatable bonds is 2. The summed E-state index contributed by atoms with van der Waals surface area (Å²) >= 11 is 0. The summed E-state index contributed by atoms with van der Waals surface area (Å²) in [6.45, 7) is 3.18. The van der Waals surface area contributed by atoms with E-state index in [1.165, 1.54) is 6.92 Å². The van der Waals surface area contributed by atoms with Crippen LogP contribution < -0.4 is 10.2 Å². The second-order valence-electron chi connectivity index (χ2n) is 5.12. The molecule has 5 nitrogen and oxygen atoms in total. The van der Waals surface area contributed by atoms with Crippen LogP contribution in [0.3, 0.4) is 0 Å². The molecule has 1 aliphatic rings. The number of hydrogen-bond acceptors (Lipinski definition) is 3. The summed E-state index contributed by atoms with van der Waals surface area (Å²) in [5.41, 5.74) is 2.54. The van der Waals surface area contributed by atoms with Gasteiger partial charge in [0.15, 0.2) is 0 Å². The molecule has 0 aliphatic carbocycles. The molecule has 3 rings (SSSR count). The summed E-state index contributed by atoms with van der Waals surface area (Å²) < 4.78 is 0. The van der Waals surface area contributed by atoms with Crippen molar-refractivity contribution >= 4 is 29.1 Å². The summed E-state index contributed by atoms with van der Waals surface area (Å²) in [5.74, 6) is -0.894. The average molecular weight is 294 g/mol. The third-order valence-corrected chi connectivity index (χ3v) is 3.65. The topological polar surface area (TPSA) is 66.5 Å². The lowest BCUT2D eigenvalue weighted by Gasteiger charge is -2.18. The SMILES string of the molecule is CC(=O)Nc1cccc(N2C(=O)c3ccccc3C2=O)c1C. The molecular formula is C17H14N2O3. The summed E-state index contributed by atoms with van der Waals surface area (Å²) in [4.78, 5) is 37.4. The normalized spacial score (nSPS) is 13.3. The van der Waals surface area contributed by atoms with E-state index in [4.69, 9.17) is 0 Å². The molecule has 1 N–H and O–H groups in total. The lowest BCUT2D eigenvalue weighted by molar-refractivity contribution is -0.114. The van der Waals surface area contributed by atoms with E-state index in [-0.39, 0.29) is 17.7 Å². The highest BCUT2D eigenvalue weighted by molar-refractivity contribution is 6.34. The number of imide groups is 1. The minimum atomic E-state index is -0.344. The first kappa shape index (κ1) is 14.0. The molecule has 5 heteroatoms. The number of anilines is 2. The Morgan fingerprint density at radius 3 is 2.09 bits per heavy atom. The van der Waals surface area contributed by atoms with Crippen LogP contribution in [0.25, 0.3) is 0 Å². The van der Waals surface area contributed by atoms with Crippen molar-refractivity contribution in [2.45, 2.75) is 13.8 Å². The van der Waals surface area contributed by atoms with Crippen molar-refractivity contribution in [2.75, 3.05) is 10.2 Å². The third kappa shape index (κ3) is 2.07. The van der Waals surface area contributed by atoms with Gasteiger partial charge in [-0.15, -0.1) is 0 Å². The predicted molar refractivity (Wildman–Crippen MR) is 83.1 cm³/mol. The molecule has 0 aromatic heterocycles. The van der Waals surface area contributed by atoms with Crippen molar-refractivity contribution in [1.82, 2.24) is 0 Å². The van der Waals surface area contributed by atoms with E-state index in [9.17, 15) is 14.4 Å². The molecule has 0 unspecified atom stereocenters. The Morgan fingerprint density at radius 2 is 1.55 bits per heavy atom. The van der Waals surface area contributed by atoms with Crippen LogP contribution in [0, 0.1) is 6.92 Å². The first-order valence-electron chi connectivity index (χ1n) is 6.85. The van der Waals surface area contributed by atoms with E-state index in [1.54, 1.807) is 49.4 Å². The van der Waals surface area contributed by atoms with Gasteiger partial charge in [0.1, 0.15) is 0 Å². The van der Waals surface area contributed by atoms with E-state index in [0.29, 0.717) is 28.1 Å². The maximum absolute atomic E-state index is 12.5. The van der Waals surface area contributed by atoms with Crippen molar-refractivity contribution in [3.63, 3.8) is 0 Å². The fraction of sp³-hybridized carbons (Fsp3) is 0.118. The van der Waals surface area contributed by atoms with E-state index in [0.717, 1.165) is 4.90 Å². The molecule has 0 spiro atoms. The van der Waals surface area contributed by atoms with Crippen molar-refractivity contribution in [1.29, 1.82) is 0 Å². The van der Waals surface area contributed by atoms with E-state index in [1.807, 2.05) is 0 Å². The Morgan fingerprint density at radius 1 is 0.955 bits per heavy atom. The van der Waals surface area contributed by atoms with Crippen LogP contribution in [-0.2, 0) is 4.79 Å². The van der Waals surface area contributed by atoms with Gasteiger partial charge in [-0.2, -0.15) is 0 Å². The molecule has 3 amide bonds. The molecular weight excluding hydrogens is 280 g/mol. The minimum absolute atomic E-state index is 0.206. The zero-order valence-corrected chi connectivity index (χ0v) is 12.2. The number of carbonyl (C=O) groups is 3. The van der Waals surface area contributed by atoms with Gasteiger partial charge in [0.25, 0.3) is 11.8 Å². The van der Waals surface area contributed by atoms with E-state index in [2.05, 4.69) is 5.32 Å². The fourth-order valence-corrected chi connectivity index (χ4v) is 2.60. The maximum atomic E-state index is 12.5. The summed E-state index contributed by atoms with van der Waals surface area (Å²) in [6.07, 6.45) is 0. The van der Waals surface area contributed by atoms with Gasteiger partial charge in [-0.25, -0.2) is 4.90 Å². The second kappa shape index (κ2) is 5.11. The number of hydrogen-bond donors (Lipinski definition) is 1. The van der Waals surface area contributed by atoms with Crippen LogP contribution in [0.1, 0.15) is 33.2 Å². The van der Waals surface area contributed by atoms with Gasteiger partial charge in [-0.3, -0.25) is 14.4 Å². The molecule has 1 heterocycles. The van der Waals surface area contributed by atoms with Gasteiger partial charge in [-0.1, -0.05) is 18.2 Å². The summed E-state index contributed by atoms with van der Waals surface area (Å²) in [5, 5.41) is 2.70. The number of nitrogens with zero attached hydrogens (tertiary/aromatic N) is 1. The average Bonchev–Trinajstić information content (AvgIpc) is 2.74. The van der Waals surface area contributed by atoms with E-state index >= 15 is 0 Å². The minimum Gasteiger partial charge on any atom is -0.326 e. The lowest BCUT2D eigenvalue weighted by Crippen LogP contribution is -2.30. The van der Waals surface area contributed by atoms with Gasteiger partial charge in [0.05, 0.1) is 16.8 Å². The molecule has 1 aliphatic heterocycles. The second-order valence-corrected chi connectivity index (χ2v) is 5.12. The van der Waals surface area contributed by atoms with Crippen LogP contribution >= 0.6 is 0 Å². The predicted octanol–water partition coefficient (Wildman–Crippen LogP) is 2.75. The summed E-state index contributed by atoms with van der Waals surface area (Å²) in [7, 11) is 0. The standard InChI is InChI=1S/C17H14N2O3/c1-10-14(18-11(2)20)8-5-9-15(10)19-16(21)12-6-3-4-7-13(12)17(19)22/h3-9H,1-2H3,(H,18,20). The van der Waals surface area contributed by atoms with Crippen molar-refractivity contribution in [3.8, 4) is 0 Å². The lowest BCUT2D eigenvalue weighted by atomic mass is 10.1. The first-order chi connectivity index (χ1) is 10.5. The summed E-state index contributed by atoms with van der Waals surface area (Å²) in [6, 6.07) is 11.9. The molecule has 0 bridgehead atoms. The largest absolute Gasteiger partial charge is 0.326 e. The highest BCUT2D eigenvalue weighted by Gasteiger charge is 2.37. The molecule has 0 saturated carbocycles. The van der Waals surface area contributed by atoms with Gasteiger partial charge in [0.2, 0.25) is 5.91 Å². The zero-order valence-electron chi connectivity index (χ0n) is 12.2. The highest BCUT2D eigenvalue weighted by Crippen LogP contribution is 2.33. The van der Waals surface area contributed by atoms with Crippen LogP contribution in [-0.4, -0.2) is 17.7 Å². The molecule has 0 saturated heterocycles. The van der Waals surface area contributed by atoms with Gasteiger partial charge in [-0.05, 0) is 36.8 Å². The van der Waals surface area contributed by atoms with Crippen LogP contribution in [0.15, 0.2) is 42.5 Å². The van der Waals surface area contributed by atoms with Gasteiger partial charge < -0.3 is 5.32 Å². The zero-order chi connectivity index (χ0) is 15.9. The van der Waals surface area contributed by atoms with Crippen LogP contribution in [0.5, 0.6) is 0 Å². The number of nitrogens with one attached hydrogen (secondary N) is 1. The van der Waals surface area contributed by atoms with E-state index < -0.39 is 0 Å².